The van der Waals surface area contributed by atoms with Crippen LogP contribution < -0.4 is 9.47 Å². The number of carbonyl (C=O) groups is 3. The Morgan fingerprint density at radius 1 is 0.909 bits per heavy atom. The van der Waals surface area contributed by atoms with Gasteiger partial charge in [0.25, 0.3) is 0 Å². The van der Waals surface area contributed by atoms with E-state index in [0.717, 1.165) is 22.9 Å². The highest BCUT2D eigenvalue weighted by molar-refractivity contribution is 8.14. The first-order chi connectivity index (χ1) is 15.9. The molecule has 0 fully saturated rings. The van der Waals surface area contributed by atoms with E-state index in [1.54, 1.807) is 55.5 Å². The highest BCUT2D eigenvalue weighted by Gasteiger charge is 2.09. The number of hydrogen-bond donors (Lipinski definition) is 0. The molecule has 7 nitrogen and oxygen atoms in total. The van der Waals surface area contributed by atoms with Gasteiger partial charge < -0.3 is 18.9 Å². The van der Waals surface area contributed by atoms with E-state index in [9.17, 15) is 14.4 Å². The van der Waals surface area contributed by atoms with Gasteiger partial charge in [0.2, 0.25) is 5.12 Å². The summed E-state index contributed by atoms with van der Waals surface area (Å²) in [6.45, 7) is 9.12. The van der Waals surface area contributed by atoms with Crippen LogP contribution in [0.1, 0.15) is 30.1 Å². The summed E-state index contributed by atoms with van der Waals surface area (Å²) in [6, 6.07) is 13.9. The minimum Gasteiger partial charge on any atom is -0.494 e. The summed E-state index contributed by atoms with van der Waals surface area (Å²) in [4.78, 5) is 35.8. The van der Waals surface area contributed by atoms with Crippen molar-refractivity contribution in [2.75, 3.05) is 19.8 Å². The molecule has 0 unspecified atom stereocenters. The number of rotatable bonds is 13. The van der Waals surface area contributed by atoms with Gasteiger partial charge in [-0.15, -0.1) is 0 Å². The van der Waals surface area contributed by atoms with Gasteiger partial charge in [-0.2, -0.15) is 0 Å². The Morgan fingerprint density at radius 2 is 1.52 bits per heavy atom. The Labute approximate surface area is 197 Å². The quantitative estimate of drug-likeness (QED) is 0.133. The molecular formula is C25H26O7S. The van der Waals surface area contributed by atoms with Crippen LogP contribution in [0.4, 0.5) is 0 Å². The second kappa shape index (κ2) is 13.8. The largest absolute Gasteiger partial charge is 0.494 e. The molecule has 2 aromatic carbocycles. The standard InChI is InChI=1S/C25H26O7S/c1-4-29-23(26)6-5-15-30-20-9-7-19(8-10-20)25(28)33-22-13-11-21(12-14-22)31-16-17-32-24(27)18(2)3/h4,7-14H,1-2,5-6,15-17H2,3H3. The van der Waals surface area contributed by atoms with E-state index in [4.69, 9.17) is 14.2 Å². The zero-order valence-corrected chi connectivity index (χ0v) is 19.2. The van der Waals surface area contributed by atoms with Gasteiger partial charge in [0, 0.05) is 22.5 Å². The molecule has 0 aliphatic heterocycles. The number of benzene rings is 2. The Morgan fingerprint density at radius 3 is 2.12 bits per heavy atom. The average molecular weight is 471 g/mol. The van der Waals surface area contributed by atoms with Crippen LogP contribution in [0.15, 0.2) is 78.4 Å². The third-order valence-electron chi connectivity index (χ3n) is 4.07. The predicted octanol–water partition coefficient (Wildman–Crippen LogP) is 4.96. The minimum atomic E-state index is -0.450. The molecule has 0 saturated heterocycles. The Kier molecular flexibility index (Phi) is 10.8. The lowest BCUT2D eigenvalue weighted by Crippen LogP contribution is -2.12. The van der Waals surface area contributed by atoms with E-state index < -0.39 is 5.97 Å². The van der Waals surface area contributed by atoms with Crippen LogP contribution in [-0.2, 0) is 19.1 Å². The summed E-state index contributed by atoms with van der Waals surface area (Å²) in [5, 5.41) is -0.103. The molecule has 0 spiro atoms. The number of carbonyl (C=O) groups excluding carboxylic acids is 3. The van der Waals surface area contributed by atoms with Crippen molar-refractivity contribution in [3.63, 3.8) is 0 Å². The van der Waals surface area contributed by atoms with Crippen LogP contribution in [0, 0.1) is 0 Å². The minimum absolute atomic E-state index is 0.103. The van der Waals surface area contributed by atoms with Gasteiger partial charge in [-0.25, -0.2) is 4.79 Å². The molecule has 2 rings (SSSR count). The summed E-state index contributed by atoms with van der Waals surface area (Å²) >= 11 is 1.10. The lowest BCUT2D eigenvalue weighted by molar-refractivity contribution is -0.140. The lowest BCUT2D eigenvalue weighted by Gasteiger charge is -2.08. The molecule has 33 heavy (non-hydrogen) atoms. The number of hydrogen-bond acceptors (Lipinski definition) is 8. The molecule has 0 aliphatic carbocycles. The molecule has 0 heterocycles. The molecule has 0 amide bonds. The molecule has 0 aromatic heterocycles. The molecule has 0 saturated carbocycles. The lowest BCUT2D eigenvalue weighted by atomic mass is 10.2. The molecule has 0 aliphatic rings. The van der Waals surface area contributed by atoms with Gasteiger partial charge in [-0.05, 0) is 73.6 Å². The molecule has 0 atom stereocenters. The number of esters is 2. The number of ether oxygens (including phenoxy) is 4. The zero-order valence-electron chi connectivity index (χ0n) is 18.4. The highest BCUT2D eigenvalue weighted by atomic mass is 32.2. The second-order valence-corrected chi connectivity index (χ2v) is 7.80. The van der Waals surface area contributed by atoms with Crippen molar-refractivity contribution in [3.8, 4) is 11.5 Å². The fourth-order valence-electron chi connectivity index (χ4n) is 2.43. The molecule has 0 radical (unpaired) electrons. The van der Waals surface area contributed by atoms with Crippen LogP contribution in [0.5, 0.6) is 11.5 Å². The molecule has 8 heteroatoms. The summed E-state index contributed by atoms with van der Waals surface area (Å²) in [6.07, 6.45) is 1.86. The maximum Gasteiger partial charge on any atom is 0.333 e. The molecular weight excluding hydrogens is 444 g/mol. The third-order valence-corrected chi connectivity index (χ3v) is 5.00. The van der Waals surface area contributed by atoms with Gasteiger partial charge in [-0.3, -0.25) is 9.59 Å². The van der Waals surface area contributed by atoms with E-state index >= 15 is 0 Å². The van der Waals surface area contributed by atoms with E-state index in [2.05, 4.69) is 17.9 Å². The van der Waals surface area contributed by atoms with Crippen LogP contribution in [0.3, 0.4) is 0 Å². The van der Waals surface area contributed by atoms with Gasteiger partial charge >= 0.3 is 11.9 Å². The van der Waals surface area contributed by atoms with Gasteiger partial charge in [-0.1, -0.05) is 13.2 Å². The summed E-state index contributed by atoms with van der Waals surface area (Å²) in [5.74, 6) is 0.422. The zero-order chi connectivity index (χ0) is 24.1. The van der Waals surface area contributed by atoms with Crippen molar-refractivity contribution < 1.29 is 33.3 Å². The second-order valence-electron chi connectivity index (χ2n) is 6.76. The fourth-order valence-corrected chi connectivity index (χ4v) is 3.17. The van der Waals surface area contributed by atoms with E-state index in [-0.39, 0.29) is 30.7 Å². The molecule has 174 valence electrons. The summed E-state index contributed by atoms with van der Waals surface area (Å²) in [7, 11) is 0. The topological polar surface area (TPSA) is 88.1 Å². The summed E-state index contributed by atoms with van der Waals surface area (Å²) in [5.41, 5.74) is 0.882. The average Bonchev–Trinajstić information content (AvgIpc) is 2.81. The summed E-state index contributed by atoms with van der Waals surface area (Å²) < 4.78 is 20.7. The Balaban J connectivity index is 1.74. The van der Waals surface area contributed by atoms with Crippen LogP contribution in [0.2, 0.25) is 0 Å². The normalized spacial score (nSPS) is 10.1. The van der Waals surface area contributed by atoms with E-state index in [1.165, 1.54) is 0 Å². The van der Waals surface area contributed by atoms with Gasteiger partial charge in [0.15, 0.2) is 0 Å². The first-order valence-corrected chi connectivity index (χ1v) is 11.0. The number of thioether (sulfide) groups is 1. The monoisotopic (exact) mass is 470 g/mol. The van der Waals surface area contributed by atoms with Crippen molar-refractivity contribution >= 4 is 28.8 Å². The fraction of sp³-hybridized carbons (Fsp3) is 0.240. The van der Waals surface area contributed by atoms with Crippen molar-refractivity contribution in [2.45, 2.75) is 24.7 Å². The van der Waals surface area contributed by atoms with Gasteiger partial charge in [0.05, 0.1) is 12.9 Å². The first-order valence-electron chi connectivity index (χ1n) is 10.2. The SMILES string of the molecule is C=COC(=O)CCCOc1ccc(C(=O)Sc2ccc(OCCOC(=O)C(=C)C)cc2)cc1. The highest BCUT2D eigenvalue weighted by Crippen LogP contribution is 2.26. The van der Waals surface area contributed by atoms with E-state index in [1.807, 2.05) is 0 Å². The van der Waals surface area contributed by atoms with Crippen LogP contribution >= 0.6 is 11.8 Å². The van der Waals surface area contributed by atoms with Crippen molar-refractivity contribution in [3.05, 3.63) is 79.1 Å². The van der Waals surface area contributed by atoms with Gasteiger partial charge in [0.1, 0.15) is 24.7 Å². The molecule has 2 aromatic rings. The molecule has 0 N–H and O–H groups in total. The maximum atomic E-state index is 12.5. The third kappa shape index (κ3) is 9.65. The van der Waals surface area contributed by atoms with Crippen molar-refractivity contribution in [1.82, 2.24) is 0 Å². The smallest absolute Gasteiger partial charge is 0.333 e. The van der Waals surface area contributed by atoms with E-state index in [0.29, 0.717) is 35.7 Å². The van der Waals surface area contributed by atoms with Crippen molar-refractivity contribution in [1.29, 1.82) is 0 Å². The Bertz CT molecular complexity index is 965. The maximum absolute atomic E-state index is 12.5. The Hall–Kier alpha value is -3.52. The molecule has 0 bridgehead atoms. The van der Waals surface area contributed by atoms with Crippen LogP contribution in [-0.4, -0.2) is 36.9 Å². The van der Waals surface area contributed by atoms with Crippen LogP contribution in [0.25, 0.3) is 0 Å². The first kappa shape index (κ1) is 25.7. The predicted molar refractivity (Wildman–Crippen MR) is 125 cm³/mol. The van der Waals surface area contributed by atoms with Crippen molar-refractivity contribution in [2.24, 2.45) is 0 Å².